The highest BCUT2D eigenvalue weighted by molar-refractivity contribution is 5.86. The Morgan fingerprint density at radius 1 is 1.15 bits per heavy atom. The van der Waals surface area contributed by atoms with Gasteiger partial charge in [0.1, 0.15) is 5.75 Å². The van der Waals surface area contributed by atoms with Crippen molar-refractivity contribution in [3.8, 4) is 5.75 Å². The predicted octanol–water partition coefficient (Wildman–Crippen LogP) is 4.80. The highest BCUT2D eigenvalue weighted by Gasteiger charge is 2.22. The van der Waals surface area contributed by atoms with Gasteiger partial charge in [-0.05, 0) is 49.1 Å². The van der Waals surface area contributed by atoms with Crippen LogP contribution in [0.3, 0.4) is 0 Å². The third-order valence-electron chi connectivity index (χ3n) is 4.34. The van der Waals surface area contributed by atoms with Gasteiger partial charge < -0.3 is 10.1 Å². The number of allylic oxidation sites excluding steroid dienone is 1. The molecule has 2 aromatic rings. The molecule has 0 radical (unpaired) electrons. The zero-order valence-corrected chi connectivity index (χ0v) is 15.8. The zero-order valence-electron chi connectivity index (χ0n) is 15.8. The van der Waals surface area contributed by atoms with E-state index in [2.05, 4.69) is 50.5 Å². The van der Waals surface area contributed by atoms with Gasteiger partial charge in [0.05, 0.1) is 13.0 Å². The van der Waals surface area contributed by atoms with Crippen LogP contribution in [0.15, 0.2) is 61.7 Å². The molecule has 26 heavy (non-hydrogen) atoms. The third-order valence-corrected chi connectivity index (χ3v) is 4.34. The largest absolute Gasteiger partial charge is 0.497 e. The highest BCUT2D eigenvalue weighted by Crippen LogP contribution is 2.30. The third kappa shape index (κ3) is 5.09. The molecule has 0 aliphatic rings. The summed E-state index contributed by atoms with van der Waals surface area (Å²) < 4.78 is 5.22. The molecule has 0 aliphatic carbocycles. The van der Waals surface area contributed by atoms with Crippen molar-refractivity contribution in [2.24, 2.45) is 0 Å². The molecule has 2 aromatic carbocycles. The molecule has 0 saturated carbocycles. The van der Waals surface area contributed by atoms with Crippen molar-refractivity contribution in [1.82, 2.24) is 5.32 Å². The number of aryl methyl sites for hydroxylation is 2. The second-order valence-corrected chi connectivity index (χ2v) is 6.54. The Labute approximate surface area is 156 Å². The number of nitrogens with one attached hydrogen (secondary N) is 1. The maximum absolute atomic E-state index is 12.7. The molecule has 0 unspecified atom stereocenters. The summed E-state index contributed by atoms with van der Waals surface area (Å²) in [5.74, 6) is 0.432. The van der Waals surface area contributed by atoms with E-state index >= 15 is 0 Å². The van der Waals surface area contributed by atoms with Crippen LogP contribution in [0.1, 0.15) is 34.6 Å². The number of rotatable bonds is 8. The van der Waals surface area contributed by atoms with Gasteiger partial charge in [0.25, 0.3) is 0 Å². The number of carbonyl (C=O) groups is 1. The molecular weight excluding hydrogens is 322 g/mol. The molecule has 2 rings (SSSR count). The van der Waals surface area contributed by atoms with E-state index < -0.39 is 0 Å². The van der Waals surface area contributed by atoms with Crippen molar-refractivity contribution < 1.29 is 9.53 Å². The first-order valence-corrected chi connectivity index (χ1v) is 8.73. The van der Waals surface area contributed by atoms with Gasteiger partial charge in [-0.15, -0.1) is 6.58 Å². The first-order chi connectivity index (χ1) is 12.4. The number of hydrogen-bond acceptors (Lipinski definition) is 2. The summed E-state index contributed by atoms with van der Waals surface area (Å²) in [5.41, 5.74) is 5.36. The van der Waals surface area contributed by atoms with Gasteiger partial charge in [-0.1, -0.05) is 54.1 Å². The Kier molecular flexibility index (Phi) is 6.79. The molecule has 136 valence electrons. The Bertz CT molecular complexity index is 770. The van der Waals surface area contributed by atoms with Crippen molar-refractivity contribution in [2.45, 2.75) is 26.2 Å². The van der Waals surface area contributed by atoms with Crippen molar-refractivity contribution in [3.63, 3.8) is 0 Å². The molecule has 1 atom stereocenters. The second kappa shape index (κ2) is 9.04. The van der Waals surface area contributed by atoms with Crippen LogP contribution in [0.25, 0.3) is 5.57 Å². The average Bonchev–Trinajstić information content (AvgIpc) is 2.63. The van der Waals surface area contributed by atoms with E-state index in [0.717, 1.165) is 22.4 Å². The number of methoxy groups -OCH3 is 1. The molecule has 1 amide bonds. The minimum absolute atomic E-state index is 0.0272. The van der Waals surface area contributed by atoms with Crippen LogP contribution in [0, 0.1) is 13.8 Å². The first-order valence-electron chi connectivity index (χ1n) is 8.73. The van der Waals surface area contributed by atoms with Crippen molar-refractivity contribution in [1.29, 1.82) is 0 Å². The van der Waals surface area contributed by atoms with E-state index in [4.69, 9.17) is 4.74 Å². The van der Waals surface area contributed by atoms with Crippen LogP contribution in [-0.2, 0) is 4.79 Å². The fourth-order valence-corrected chi connectivity index (χ4v) is 3.04. The fraction of sp³-hybridized carbons (Fsp3) is 0.261. The number of benzene rings is 2. The van der Waals surface area contributed by atoms with Crippen molar-refractivity contribution in [3.05, 3.63) is 84.0 Å². The Hall–Kier alpha value is -2.81. The van der Waals surface area contributed by atoms with Crippen LogP contribution >= 0.6 is 0 Å². The molecule has 0 spiro atoms. The molecule has 0 bridgehead atoms. The molecule has 0 heterocycles. The van der Waals surface area contributed by atoms with Gasteiger partial charge in [0.2, 0.25) is 5.91 Å². The minimum Gasteiger partial charge on any atom is -0.497 e. The minimum atomic E-state index is -0.311. The van der Waals surface area contributed by atoms with Crippen LogP contribution < -0.4 is 10.1 Å². The lowest BCUT2D eigenvalue weighted by molar-refractivity contribution is -0.122. The summed E-state index contributed by atoms with van der Waals surface area (Å²) in [5, 5.41) is 2.91. The lowest BCUT2D eigenvalue weighted by Crippen LogP contribution is -2.29. The van der Waals surface area contributed by atoms with E-state index in [1.165, 1.54) is 11.1 Å². The molecule has 3 heteroatoms. The lowest BCUT2D eigenvalue weighted by atomic mass is 9.88. The highest BCUT2D eigenvalue weighted by atomic mass is 16.5. The summed E-state index contributed by atoms with van der Waals surface area (Å²) in [6, 6.07) is 14.0. The molecular formula is C23H27NO2. The van der Waals surface area contributed by atoms with Crippen LogP contribution in [0.2, 0.25) is 0 Å². The average molecular weight is 349 g/mol. The van der Waals surface area contributed by atoms with Gasteiger partial charge in [0, 0.05) is 6.54 Å². The topological polar surface area (TPSA) is 38.3 Å². The normalized spacial score (nSPS) is 11.5. The summed E-state index contributed by atoms with van der Waals surface area (Å²) in [7, 11) is 1.63. The number of ether oxygens (including phenoxy) is 1. The van der Waals surface area contributed by atoms with Crippen LogP contribution in [0.4, 0.5) is 0 Å². The summed E-state index contributed by atoms with van der Waals surface area (Å²) >= 11 is 0. The number of hydrogen-bond donors (Lipinski definition) is 1. The molecule has 0 aromatic heterocycles. The van der Waals surface area contributed by atoms with Gasteiger partial charge in [0.15, 0.2) is 0 Å². The quantitative estimate of drug-likeness (QED) is 0.695. The van der Waals surface area contributed by atoms with Gasteiger partial charge in [-0.2, -0.15) is 0 Å². The zero-order chi connectivity index (χ0) is 19.1. The van der Waals surface area contributed by atoms with E-state index in [9.17, 15) is 4.79 Å². The SMILES string of the molecule is C=CCNC(=O)[C@@H](CC(=C)c1cc(C)cc(C)c1)c1ccc(OC)cc1. The maximum atomic E-state index is 12.7. The van der Waals surface area contributed by atoms with Crippen molar-refractivity contribution >= 4 is 11.5 Å². The molecule has 0 saturated heterocycles. The Morgan fingerprint density at radius 2 is 1.77 bits per heavy atom. The lowest BCUT2D eigenvalue weighted by Gasteiger charge is -2.19. The smallest absolute Gasteiger partial charge is 0.228 e. The number of amides is 1. The van der Waals surface area contributed by atoms with Crippen molar-refractivity contribution in [2.75, 3.05) is 13.7 Å². The monoisotopic (exact) mass is 349 g/mol. The van der Waals surface area contributed by atoms with E-state index in [-0.39, 0.29) is 11.8 Å². The number of carbonyl (C=O) groups excluding carboxylic acids is 1. The molecule has 1 N–H and O–H groups in total. The van der Waals surface area contributed by atoms with Gasteiger partial charge >= 0.3 is 0 Å². The predicted molar refractivity (Wildman–Crippen MR) is 109 cm³/mol. The Balaban J connectivity index is 2.28. The van der Waals surface area contributed by atoms with Gasteiger partial charge in [-0.25, -0.2) is 0 Å². The van der Waals surface area contributed by atoms with E-state index in [1.54, 1.807) is 13.2 Å². The fourth-order valence-electron chi connectivity index (χ4n) is 3.04. The summed E-state index contributed by atoms with van der Waals surface area (Å²) in [6.45, 7) is 12.5. The molecule has 3 nitrogen and oxygen atoms in total. The Morgan fingerprint density at radius 3 is 2.31 bits per heavy atom. The van der Waals surface area contributed by atoms with E-state index in [1.807, 2.05) is 24.3 Å². The van der Waals surface area contributed by atoms with Gasteiger partial charge in [-0.3, -0.25) is 4.79 Å². The standard InChI is InChI=1S/C23H27NO2/c1-6-11-24-23(25)22(19-7-9-21(26-5)10-8-19)15-18(4)20-13-16(2)12-17(3)14-20/h6-10,12-14,22H,1,4,11,15H2,2-3,5H3,(H,24,25)/t22-/m0/s1. The summed E-state index contributed by atoms with van der Waals surface area (Å²) in [4.78, 5) is 12.7. The van der Waals surface area contributed by atoms with Crippen LogP contribution in [0.5, 0.6) is 5.75 Å². The molecule has 0 fully saturated rings. The summed E-state index contributed by atoms with van der Waals surface area (Å²) in [6.07, 6.45) is 2.24. The first kappa shape index (κ1) is 19.5. The van der Waals surface area contributed by atoms with E-state index in [0.29, 0.717) is 13.0 Å². The maximum Gasteiger partial charge on any atom is 0.228 e. The van der Waals surface area contributed by atoms with Crippen LogP contribution in [-0.4, -0.2) is 19.6 Å². The molecule has 0 aliphatic heterocycles. The second-order valence-electron chi connectivity index (χ2n) is 6.54.